The molecule has 0 aromatic heterocycles. The summed E-state index contributed by atoms with van der Waals surface area (Å²) in [6, 6.07) is 0. The average molecular weight is 261 g/mol. The molecule has 0 bridgehead atoms. The molecule has 0 heterocycles. The van der Waals surface area contributed by atoms with Crippen LogP contribution in [0.15, 0.2) is 0 Å². The molecule has 0 rings (SSSR count). The Bertz CT molecular complexity index is 278. The maximum Gasteiger partial charge on any atom is 0.225 e. The normalized spacial score (nSPS) is 14.5. The highest BCUT2D eigenvalue weighted by Gasteiger charge is 2.29. The van der Waals surface area contributed by atoms with Crippen LogP contribution in [-0.4, -0.2) is 27.2 Å². The molecule has 1 unspecified atom stereocenters. The van der Waals surface area contributed by atoms with E-state index in [9.17, 15) is 9.00 Å². The molecule has 0 aliphatic carbocycles. The molecule has 1 amide bonds. The van der Waals surface area contributed by atoms with Crippen LogP contribution in [0.4, 0.5) is 0 Å². The molecule has 17 heavy (non-hydrogen) atoms. The first-order valence-corrected chi connectivity index (χ1v) is 7.66. The molecular formula is C13H27NO2S. The third kappa shape index (κ3) is 5.19. The summed E-state index contributed by atoms with van der Waals surface area (Å²) in [5.74, 6) is 0.604. The maximum absolute atomic E-state index is 11.9. The molecule has 0 fully saturated rings. The van der Waals surface area contributed by atoms with Crippen molar-refractivity contribution < 1.29 is 9.00 Å². The van der Waals surface area contributed by atoms with E-state index in [1.165, 1.54) is 0 Å². The number of hydrogen-bond donors (Lipinski definition) is 1. The third-order valence-electron chi connectivity index (χ3n) is 3.36. The summed E-state index contributed by atoms with van der Waals surface area (Å²) >= 11 is 0. The van der Waals surface area contributed by atoms with Crippen molar-refractivity contribution >= 4 is 16.7 Å². The van der Waals surface area contributed by atoms with Crippen LogP contribution in [0.25, 0.3) is 0 Å². The van der Waals surface area contributed by atoms with Crippen LogP contribution in [0.3, 0.4) is 0 Å². The standard InChI is InChI=1S/C13H27NO2S/c1-7-13(6,8-2)11(15)14-9-10-17(16)12(3,4)5/h7-10H2,1-6H3,(H,14,15). The van der Waals surface area contributed by atoms with Crippen LogP contribution in [-0.2, 0) is 15.6 Å². The summed E-state index contributed by atoms with van der Waals surface area (Å²) in [5.41, 5.74) is -0.288. The van der Waals surface area contributed by atoms with E-state index >= 15 is 0 Å². The molecule has 0 aromatic rings. The van der Waals surface area contributed by atoms with Gasteiger partial charge in [0.1, 0.15) is 0 Å². The zero-order chi connectivity index (χ0) is 13.7. The lowest BCUT2D eigenvalue weighted by Gasteiger charge is -2.25. The van der Waals surface area contributed by atoms with Gasteiger partial charge in [-0.3, -0.25) is 9.00 Å². The number of carbonyl (C=O) groups excluding carboxylic acids is 1. The van der Waals surface area contributed by atoms with E-state index in [0.717, 1.165) is 12.8 Å². The number of rotatable bonds is 6. The van der Waals surface area contributed by atoms with Crippen LogP contribution in [0.1, 0.15) is 54.4 Å². The molecule has 0 aliphatic rings. The van der Waals surface area contributed by atoms with Gasteiger partial charge >= 0.3 is 0 Å². The quantitative estimate of drug-likeness (QED) is 0.798. The fraction of sp³-hybridized carbons (Fsp3) is 0.923. The molecular weight excluding hydrogens is 234 g/mol. The average Bonchev–Trinajstić information content (AvgIpc) is 2.26. The smallest absolute Gasteiger partial charge is 0.225 e. The van der Waals surface area contributed by atoms with Crippen molar-refractivity contribution in [2.24, 2.45) is 5.41 Å². The van der Waals surface area contributed by atoms with E-state index in [4.69, 9.17) is 0 Å². The molecule has 0 aromatic carbocycles. The Balaban J connectivity index is 4.15. The van der Waals surface area contributed by atoms with Gasteiger partial charge in [-0.1, -0.05) is 20.8 Å². The predicted octanol–water partition coefficient (Wildman–Crippen LogP) is 2.48. The van der Waals surface area contributed by atoms with E-state index in [0.29, 0.717) is 12.3 Å². The highest BCUT2D eigenvalue weighted by molar-refractivity contribution is 7.86. The van der Waals surface area contributed by atoms with Gasteiger partial charge in [-0.25, -0.2) is 0 Å². The van der Waals surface area contributed by atoms with Gasteiger partial charge < -0.3 is 5.32 Å². The van der Waals surface area contributed by atoms with Crippen molar-refractivity contribution in [2.45, 2.75) is 59.1 Å². The van der Waals surface area contributed by atoms with Crippen molar-refractivity contribution in [1.82, 2.24) is 5.32 Å². The third-order valence-corrected chi connectivity index (χ3v) is 5.31. The molecule has 0 radical (unpaired) electrons. The predicted molar refractivity (Wildman–Crippen MR) is 74.5 cm³/mol. The van der Waals surface area contributed by atoms with Gasteiger partial charge in [-0.15, -0.1) is 0 Å². The fourth-order valence-corrected chi connectivity index (χ4v) is 2.25. The topological polar surface area (TPSA) is 46.2 Å². The summed E-state index contributed by atoms with van der Waals surface area (Å²) in [5, 5.41) is 2.90. The van der Waals surface area contributed by atoms with Crippen molar-refractivity contribution in [3.8, 4) is 0 Å². The lowest BCUT2D eigenvalue weighted by molar-refractivity contribution is -0.130. The van der Waals surface area contributed by atoms with Crippen LogP contribution in [0.2, 0.25) is 0 Å². The largest absolute Gasteiger partial charge is 0.355 e. The van der Waals surface area contributed by atoms with E-state index in [1.54, 1.807) is 0 Å². The molecule has 4 heteroatoms. The second-order valence-corrected chi connectivity index (χ2v) is 8.01. The molecule has 0 spiro atoms. The van der Waals surface area contributed by atoms with Crippen LogP contribution < -0.4 is 5.32 Å². The van der Waals surface area contributed by atoms with Crippen molar-refractivity contribution in [2.75, 3.05) is 12.3 Å². The Morgan fingerprint density at radius 1 is 1.12 bits per heavy atom. The van der Waals surface area contributed by atoms with Crippen molar-refractivity contribution in [1.29, 1.82) is 0 Å². The van der Waals surface area contributed by atoms with Gasteiger partial charge in [0.15, 0.2) is 0 Å². The zero-order valence-corrected chi connectivity index (χ0v) is 12.9. The molecule has 3 nitrogen and oxygen atoms in total. The molecule has 0 aliphatic heterocycles. The first kappa shape index (κ1) is 16.6. The van der Waals surface area contributed by atoms with Crippen molar-refractivity contribution in [3.05, 3.63) is 0 Å². The SMILES string of the molecule is CCC(C)(CC)C(=O)NCCS(=O)C(C)(C)C. The fourth-order valence-electron chi connectivity index (χ4n) is 1.35. The van der Waals surface area contributed by atoms with Gasteiger partial charge in [0.25, 0.3) is 0 Å². The molecule has 1 N–H and O–H groups in total. The van der Waals surface area contributed by atoms with Crippen LogP contribution in [0.5, 0.6) is 0 Å². The Morgan fingerprint density at radius 2 is 1.59 bits per heavy atom. The van der Waals surface area contributed by atoms with Gasteiger partial charge in [0.05, 0.1) is 0 Å². The second-order valence-electron chi connectivity index (χ2n) is 5.69. The highest BCUT2D eigenvalue weighted by Crippen LogP contribution is 2.25. The first-order chi connectivity index (χ1) is 7.67. The van der Waals surface area contributed by atoms with Gasteiger partial charge in [0, 0.05) is 33.3 Å². The summed E-state index contributed by atoms with van der Waals surface area (Å²) in [6.45, 7) is 12.4. The van der Waals surface area contributed by atoms with Gasteiger partial charge in [0.2, 0.25) is 5.91 Å². The highest BCUT2D eigenvalue weighted by atomic mass is 32.2. The number of hydrogen-bond acceptors (Lipinski definition) is 2. The van der Waals surface area contributed by atoms with E-state index in [-0.39, 0.29) is 16.1 Å². The molecule has 0 saturated heterocycles. The van der Waals surface area contributed by atoms with Crippen molar-refractivity contribution in [3.63, 3.8) is 0 Å². The summed E-state index contributed by atoms with van der Waals surface area (Å²) < 4.78 is 11.6. The molecule has 102 valence electrons. The van der Waals surface area contributed by atoms with E-state index in [1.807, 2.05) is 41.5 Å². The monoisotopic (exact) mass is 261 g/mol. The zero-order valence-electron chi connectivity index (χ0n) is 12.1. The second kappa shape index (κ2) is 6.53. The minimum absolute atomic E-state index is 0.0772. The Morgan fingerprint density at radius 3 is 1.94 bits per heavy atom. The Hall–Kier alpha value is -0.380. The van der Waals surface area contributed by atoms with E-state index < -0.39 is 10.8 Å². The maximum atomic E-state index is 11.9. The van der Waals surface area contributed by atoms with Crippen LogP contribution in [0, 0.1) is 5.41 Å². The van der Waals surface area contributed by atoms with E-state index in [2.05, 4.69) is 5.32 Å². The molecule has 1 atom stereocenters. The van der Waals surface area contributed by atoms with Gasteiger partial charge in [-0.2, -0.15) is 0 Å². The summed E-state index contributed by atoms with van der Waals surface area (Å²) in [6.07, 6.45) is 1.66. The Kier molecular flexibility index (Phi) is 6.38. The number of nitrogens with one attached hydrogen (secondary N) is 1. The minimum atomic E-state index is -0.899. The first-order valence-electron chi connectivity index (χ1n) is 6.34. The van der Waals surface area contributed by atoms with Crippen LogP contribution >= 0.6 is 0 Å². The molecule has 0 saturated carbocycles. The lowest BCUT2D eigenvalue weighted by Crippen LogP contribution is -2.40. The van der Waals surface area contributed by atoms with Gasteiger partial charge in [-0.05, 0) is 33.6 Å². The number of carbonyl (C=O) groups is 1. The summed E-state index contributed by atoms with van der Waals surface area (Å²) in [4.78, 5) is 11.9. The summed E-state index contributed by atoms with van der Waals surface area (Å²) in [7, 11) is -0.899. The lowest BCUT2D eigenvalue weighted by atomic mass is 9.84. The number of amides is 1. The minimum Gasteiger partial charge on any atom is -0.355 e. The Labute approximate surface area is 108 Å².